The van der Waals surface area contributed by atoms with Crippen molar-refractivity contribution in [1.82, 2.24) is 15.1 Å². The van der Waals surface area contributed by atoms with Crippen LogP contribution in [0.3, 0.4) is 0 Å². The van der Waals surface area contributed by atoms with E-state index in [0.717, 1.165) is 77.8 Å². The Morgan fingerprint density at radius 2 is 2.04 bits per heavy atom. The van der Waals surface area contributed by atoms with Gasteiger partial charge in [0.25, 0.3) is 0 Å². The van der Waals surface area contributed by atoms with Gasteiger partial charge in [-0.05, 0) is 33.1 Å². The Labute approximate surface area is 159 Å². The van der Waals surface area contributed by atoms with Gasteiger partial charge in [-0.15, -0.1) is 0 Å². The zero-order valence-corrected chi connectivity index (χ0v) is 17.1. The maximum atomic E-state index is 5.95. The van der Waals surface area contributed by atoms with Crippen LogP contribution in [0.25, 0.3) is 0 Å². The Bertz CT molecular complexity index is 414. The van der Waals surface area contributed by atoms with Gasteiger partial charge in [-0.3, -0.25) is 9.89 Å². The highest BCUT2D eigenvalue weighted by Crippen LogP contribution is 2.15. The van der Waals surface area contributed by atoms with Crippen LogP contribution in [0.5, 0.6) is 0 Å². The first-order valence-corrected chi connectivity index (χ1v) is 10.0. The molecular weight excluding hydrogens is 332 g/mol. The number of piperidine rings is 1. The Morgan fingerprint density at radius 1 is 1.27 bits per heavy atom. The Hall–Kier alpha value is -0.890. The smallest absolute Gasteiger partial charge is 0.193 e. The van der Waals surface area contributed by atoms with Gasteiger partial charge in [0.15, 0.2) is 5.96 Å². The van der Waals surface area contributed by atoms with E-state index in [4.69, 9.17) is 14.2 Å². The lowest BCUT2D eigenvalue weighted by Crippen LogP contribution is -2.54. The molecular formula is C19H38N4O3. The third-order valence-electron chi connectivity index (χ3n) is 5.34. The molecule has 2 unspecified atom stereocenters. The molecule has 0 aromatic rings. The molecule has 0 saturated carbocycles. The predicted molar refractivity (Wildman–Crippen MR) is 105 cm³/mol. The number of rotatable bonds is 8. The summed E-state index contributed by atoms with van der Waals surface area (Å²) < 4.78 is 16.6. The molecule has 1 N–H and O–H groups in total. The van der Waals surface area contributed by atoms with Gasteiger partial charge in [0.05, 0.1) is 19.3 Å². The minimum Gasteiger partial charge on any atom is -0.385 e. The molecule has 2 aliphatic rings. The van der Waals surface area contributed by atoms with Crippen LogP contribution in [0.2, 0.25) is 0 Å². The summed E-state index contributed by atoms with van der Waals surface area (Å²) >= 11 is 0. The second-order valence-electron chi connectivity index (χ2n) is 7.34. The standard InChI is InChI=1S/C19H38N4O3/c1-16(23-10-13-25-15-17(23)2)14-21-19(20-3)22-8-6-18(7-9-22)26-12-5-11-24-4/h16-18H,5-15H2,1-4H3,(H,20,21). The minimum atomic E-state index is 0.370. The van der Waals surface area contributed by atoms with Gasteiger partial charge in [0, 0.05) is 65.6 Å². The summed E-state index contributed by atoms with van der Waals surface area (Å²) in [6, 6.07) is 0.945. The number of hydrogen-bond acceptors (Lipinski definition) is 5. The maximum absolute atomic E-state index is 5.95. The summed E-state index contributed by atoms with van der Waals surface area (Å²) in [5, 5.41) is 3.57. The van der Waals surface area contributed by atoms with E-state index in [2.05, 4.69) is 34.0 Å². The summed E-state index contributed by atoms with van der Waals surface area (Å²) in [6.45, 7) is 11.7. The molecule has 0 aromatic carbocycles. The summed E-state index contributed by atoms with van der Waals surface area (Å²) in [4.78, 5) is 9.36. The fourth-order valence-electron chi connectivity index (χ4n) is 3.77. The molecule has 2 rings (SSSR count). The van der Waals surface area contributed by atoms with Crippen molar-refractivity contribution < 1.29 is 14.2 Å². The Morgan fingerprint density at radius 3 is 2.69 bits per heavy atom. The van der Waals surface area contributed by atoms with Gasteiger partial charge in [-0.1, -0.05) is 0 Å². The van der Waals surface area contributed by atoms with Crippen molar-refractivity contribution in [3.05, 3.63) is 0 Å². The van der Waals surface area contributed by atoms with Crippen molar-refractivity contribution in [2.24, 2.45) is 4.99 Å². The zero-order chi connectivity index (χ0) is 18.8. The molecule has 2 fully saturated rings. The average Bonchev–Trinajstić information content (AvgIpc) is 2.67. The average molecular weight is 371 g/mol. The molecule has 0 amide bonds. The normalized spacial score (nSPS) is 24.7. The lowest BCUT2D eigenvalue weighted by molar-refractivity contribution is -0.0176. The first-order valence-electron chi connectivity index (χ1n) is 10.0. The van der Waals surface area contributed by atoms with Crippen molar-refractivity contribution in [3.63, 3.8) is 0 Å². The Balaban J connectivity index is 1.69. The monoisotopic (exact) mass is 370 g/mol. The number of methoxy groups -OCH3 is 1. The summed E-state index contributed by atoms with van der Waals surface area (Å²) in [5.74, 6) is 1.01. The minimum absolute atomic E-state index is 0.370. The number of morpholine rings is 1. The SMILES string of the molecule is CN=C(NCC(C)N1CCOCC1C)N1CCC(OCCCOC)CC1. The molecule has 0 radical (unpaired) electrons. The van der Waals surface area contributed by atoms with Gasteiger partial charge in [0.2, 0.25) is 0 Å². The number of aliphatic imine (C=N–C) groups is 1. The topological polar surface area (TPSA) is 58.6 Å². The second-order valence-corrected chi connectivity index (χ2v) is 7.34. The van der Waals surface area contributed by atoms with Crippen molar-refractivity contribution in [2.45, 2.75) is 51.3 Å². The molecule has 26 heavy (non-hydrogen) atoms. The van der Waals surface area contributed by atoms with Crippen molar-refractivity contribution >= 4 is 5.96 Å². The van der Waals surface area contributed by atoms with Crippen LogP contribution in [-0.2, 0) is 14.2 Å². The Kier molecular flexibility index (Phi) is 9.67. The van der Waals surface area contributed by atoms with E-state index in [1.54, 1.807) is 7.11 Å². The fourth-order valence-corrected chi connectivity index (χ4v) is 3.77. The van der Waals surface area contributed by atoms with Crippen LogP contribution in [0, 0.1) is 0 Å². The predicted octanol–water partition coefficient (Wildman–Crippen LogP) is 1.19. The van der Waals surface area contributed by atoms with Crippen molar-refractivity contribution in [1.29, 1.82) is 0 Å². The molecule has 152 valence electrons. The quantitative estimate of drug-likeness (QED) is 0.393. The summed E-state index contributed by atoms with van der Waals surface area (Å²) in [5.41, 5.74) is 0. The van der Waals surface area contributed by atoms with E-state index in [0.29, 0.717) is 18.2 Å². The van der Waals surface area contributed by atoms with E-state index >= 15 is 0 Å². The van der Waals surface area contributed by atoms with E-state index in [-0.39, 0.29) is 0 Å². The number of nitrogens with one attached hydrogen (secondary N) is 1. The molecule has 2 aliphatic heterocycles. The second kappa shape index (κ2) is 11.7. The molecule has 0 bridgehead atoms. The molecule has 2 heterocycles. The largest absolute Gasteiger partial charge is 0.385 e. The fraction of sp³-hybridized carbons (Fsp3) is 0.947. The van der Waals surface area contributed by atoms with Crippen LogP contribution >= 0.6 is 0 Å². The molecule has 0 aromatic heterocycles. The highest BCUT2D eigenvalue weighted by atomic mass is 16.5. The van der Waals surface area contributed by atoms with Gasteiger partial charge in [0.1, 0.15) is 0 Å². The third-order valence-corrected chi connectivity index (χ3v) is 5.34. The molecule has 0 spiro atoms. The molecule has 0 aliphatic carbocycles. The number of nitrogens with zero attached hydrogens (tertiary/aromatic N) is 3. The highest BCUT2D eigenvalue weighted by molar-refractivity contribution is 5.80. The van der Waals surface area contributed by atoms with E-state index in [1.165, 1.54) is 0 Å². The van der Waals surface area contributed by atoms with Crippen LogP contribution in [0.4, 0.5) is 0 Å². The molecule has 2 saturated heterocycles. The maximum Gasteiger partial charge on any atom is 0.193 e. The molecule has 7 heteroatoms. The van der Waals surface area contributed by atoms with Gasteiger partial charge in [-0.2, -0.15) is 0 Å². The lowest BCUT2D eigenvalue weighted by Gasteiger charge is -2.39. The van der Waals surface area contributed by atoms with E-state index in [9.17, 15) is 0 Å². The zero-order valence-electron chi connectivity index (χ0n) is 17.1. The van der Waals surface area contributed by atoms with E-state index in [1.807, 2.05) is 7.05 Å². The molecule has 2 atom stereocenters. The third kappa shape index (κ3) is 6.68. The number of likely N-dealkylation sites (tertiary alicyclic amines) is 1. The van der Waals surface area contributed by atoms with Crippen LogP contribution < -0.4 is 5.32 Å². The summed E-state index contributed by atoms with van der Waals surface area (Å²) in [6.07, 6.45) is 3.46. The van der Waals surface area contributed by atoms with Gasteiger partial charge < -0.3 is 24.4 Å². The van der Waals surface area contributed by atoms with Gasteiger partial charge in [-0.25, -0.2) is 0 Å². The summed E-state index contributed by atoms with van der Waals surface area (Å²) in [7, 11) is 3.61. The number of hydrogen-bond donors (Lipinski definition) is 1. The van der Waals surface area contributed by atoms with Crippen LogP contribution in [0.1, 0.15) is 33.1 Å². The number of ether oxygens (including phenoxy) is 3. The molecule has 7 nitrogen and oxygen atoms in total. The van der Waals surface area contributed by atoms with Crippen molar-refractivity contribution in [3.8, 4) is 0 Å². The highest BCUT2D eigenvalue weighted by Gasteiger charge is 2.25. The van der Waals surface area contributed by atoms with Crippen molar-refractivity contribution in [2.75, 3.05) is 66.8 Å². The lowest BCUT2D eigenvalue weighted by atomic mass is 10.1. The van der Waals surface area contributed by atoms with Crippen LogP contribution in [-0.4, -0.2) is 101 Å². The van der Waals surface area contributed by atoms with E-state index < -0.39 is 0 Å². The first-order chi connectivity index (χ1) is 12.7. The van der Waals surface area contributed by atoms with Gasteiger partial charge >= 0.3 is 0 Å². The number of guanidine groups is 1. The first kappa shape index (κ1) is 21.4. The van der Waals surface area contributed by atoms with Crippen LogP contribution in [0.15, 0.2) is 4.99 Å².